The SMILES string of the molecule is O=Cc1c(Cl)ccc(OCC(F)(F)F)c1Cl. The van der Waals surface area contributed by atoms with Gasteiger partial charge in [-0.3, -0.25) is 4.79 Å². The fraction of sp³-hybridized carbons (Fsp3) is 0.222. The van der Waals surface area contributed by atoms with Gasteiger partial charge in [0.2, 0.25) is 0 Å². The van der Waals surface area contributed by atoms with Crippen molar-refractivity contribution in [3.8, 4) is 5.75 Å². The number of carbonyl (C=O) groups excluding carboxylic acids is 1. The third kappa shape index (κ3) is 3.28. The smallest absolute Gasteiger partial charge is 0.422 e. The number of rotatable bonds is 3. The molecule has 0 amide bonds. The van der Waals surface area contributed by atoms with Crippen molar-refractivity contribution in [1.29, 1.82) is 0 Å². The first-order valence-electron chi connectivity index (χ1n) is 3.98. The lowest BCUT2D eigenvalue weighted by molar-refractivity contribution is -0.153. The summed E-state index contributed by atoms with van der Waals surface area (Å²) in [5, 5.41) is -0.175. The second-order valence-corrected chi connectivity index (χ2v) is 3.58. The molecule has 1 aromatic rings. The van der Waals surface area contributed by atoms with E-state index >= 15 is 0 Å². The molecule has 0 aliphatic rings. The predicted octanol–water partition coefficient (Wildman–Crippen LogP) is 3.75. The van der Waals surface area contributed by atoms with Crippen LogP contribution in [0.2, 0.25) is 10.0 Å². The molecule has 0 aromatic heterocycles. The highest BCUT2D eigenvalue weighted by molar-refractivity contribution is 6.39. The molecule has 7 heteroatoms. The van der Waals surface area contributed by atoms with Gasteiger partial charge in [0.25, 0.3) is 0 Å². The van der Waals surface area contributed by atoms with E-state index in [1.165, 1.54) is 12.1 Å². The summed E-state index contributed by atoms with van der Waals surface area (Å²) < 4.78 is 40.0. The van der Waals surface area contributed by atoms with Crippen molar-refractivity contribution in [3.63, 3.8) is 0 Å². The van der Waals surface area contributed by atoms with E-state index in [1.807, 2.05) is 0 Å². The highest BCUT2D eigenvalue weighted by Crippen LogP contribution is 2.33. The van der Waals surface area contributed by atoms with E-state index < -0.39 is 12.8 Å². The monoisotopic (exact) mass is 272 g/mol. The molecule has 0 atom stereocenters. The maximum atomic E-state index is 11.9. The van der Waals surface area contributed by atoms with Crippen LogP contribution in [0, 0.1) is 0 Å². The van der Waals surface area contributed by atoms with Crippen LogP contribution in [0.15, 0.2) is 12.1 Å². The minimum atomic E-state index is -4.47. The molecule has 16 heavy (non-hydrogen) atoms. The van der Waals surface area contributed by atoms with Gasteiger partial charge < -0.3 is 4.74 Å². The van der Waals surface area contributed by atoms with Crippen LogP contribution in [-0.4, -0.2) is 19.1 Å². The Hall–Kier alpha value is -0.940. The van der Waals surface area contributed by atoms with Crippen molar-refractivity contribution < 1.29 is 22.7 Å². The lowest BCUT2D eigenvalue weighted by Gasteiger charge is -2.11. The number of aldehydes is 1. The van der Waals surface area contributed by atoms with Crippen LogP contribution < -0.4 is 4.74 Å². The maximum absolute atomic E-state index is 11.9. The minimum Gasteiger partial charge on any atom is -0.483 e. The number of ether oxygens (including phenoxy) is 1. The summed E-state index contributed by atoms with van der Waals surface area (Å²) in [6, 6.07) is 2.41. The molecule has 0 saturated carbocycles. The molecule has 1 aromatic carbocycles. The van der Waals surface area contributed by atoms with Gasteiger partial charge in [-0.05, 0) is 12.1 Å². The standard InChI is InChI=1S/C9H5Cl2F3O2/c10-6-1-2-7(8(11)5(6)3-15)16-4-9(12,13)14/h1-3H,4H2. The van der Waals surface area contributed by atoms with Gasteiger partial charge in [-0.2, -0.15) is 13.2 Å². The van der Waals surface area contributed by atoms with Crippen LogP contribution in [-0.2, 0) is 0 Å². The lowest BCUT2D eigenvalue weighted by Crippen LogP contribution is -2.19. The molecule has 2 nitrogen and oxygen atoms in total. The van der Waals surface area contributed by atoms with Crippen LogP contribution in [0.4, 0.5) is 13.2 Å². The van der Waals surface area contributed by atoms with E-state index in [0.29, 0.717) is 6.29 Å². The number of halogens is 5. The highest BCUT2D eigenvalue weighted by atomic mass is 35.5. The summed E-state index contributed by atoms with van der Waals surface area (Å²) in [5.41, 5.74) is -0.0944. The summed E-state index contributed by atoms with van der Waals surface area (Å²) in [6.07, 6.45) is -4.12. The minimum absolute atomic E-state index is 0.0550. The molecule has 0 spiro atoms. The Bertz CT molecular complexity index is 404. The third-order valence-corrected chi connectivity index (χ3v) is 2.32. The van der Waals surface area contributed by atoms with Gasteiger partial charge in [0.05, 0.1) is 15.6 Å². The average Bonchev–Trinajstić information content (AvgIpc) is 2.16. The molecule has 0 N–H and O–H groups in total. The van der Waals surface area contributed by atoms with Crippen LogP contribution in [0.1, 0.15) is 10.4 Å². The van der Waals surface area contributed by atoms with Gasteiger partial charge in [-0.25, -0.2) is 0 Å². The molecule has 0 fully saturated rings. The fourth-order valence-corrected chi connectivity index (χ4v) is 1.44. The zero-order valence-corrected chi connectivity index (χ0v) is 9.16. The lowest BCUT2D eigenvalue weighted by atomic mass is 10.2. The van der Waals surface area contributed by atoms with Gasteiger partial charge >= 0.3 is 6.18 Å². The summed E-state index contributed by atoms with van der Waals surface area (Å²) >= 11 is 11.2. The van der Waals surface area contributed by atoms with Crippen LogP contribution in [0.25, 0.3) is 0 Å². The highest BCUT2D eigenvalue weighted by Gasteiger charge is 2.29. The molecular weight excluding hydrogens is 268 g/mol. The first-order chi connectivity index (χ1) is 7.35. The molecule has 0 aliphatic carbocycles. The van der Waals surface area contributed by atoms with E-state index in [2.05, 4.69) is 4.74 Å². The van der Waals surface area contributed by atoms with Crippen LogP contribution in [0.5, 0.6) is 5.75 Å². The van der Waals surface area contributed by atoms with Crippen LogP contribution in [0.3, 0.4) is 0 Å². The molecule has 88 valence electrons. The largest absolute Gasteiger partial charge is 0.483 e. The number of hydrogen-bond donors (Lipinski definition) is 0. The molecule has 0 heterocycles. The maximum Gasteiger partial charge on any atom is 0.422 e. The Balaban J connectivity index is 2.94. The molecule has 0 radical (unpaired) electrons. The Labute approximate surface area is 98.9 Å². The van der Waals surface area contributed by atoms with Crippen molar-refractivity contribution in [3.05, 3.63) is 27.7 Å². The first-order valence-corrected chi connectivity index (χ1v) is 4.73. The van der Waals surface area contributed by atoms with Crippen molar-refractivity contribution in [2.75, 3.05) is 6.61 Å². The molecule has 1 rings (SSSR count). The summed E-state index contributed by atoms with van der Waals surface area (Å²) in [6.45, 7) is -1.48. The van der Waals surface area contributed by atoms with Crippen LogP contribution >= 0.6 is 23.2 Å². The topological polar surface area (TPSA) is 26.3 Å². The normalized spacial score (nSPS) is 11.3. The number of benzene rings is 1. The number of alkyl halides is 3. The van der Waals surface area contributed by atoms with Crippen molar-refractivity contribution in [2.45, 2.75) is 6.18 Å². The third-order valence-electron chi connectivity index (χ3n) is 1.60. The van der Waals surface area contributed by atoms with E-state index in [0.717, 1.165) is 0 Å². The molecular formula is C9H5Cl2F3O2. The molecule has 0 saturated heterocycles. The Morgan fingerprint density at radius 2 is 1.94 bits per heavy atom. The van der Waals surface area contributed by atoms with Crippen molar-refractivity contribution in [1.82, 2.24) is 0 Å². The van der Waals surface area contributed by atoms with Gasteiger partial charge in [-0.1, -0.05) is 23.2 Å². The van der Waals surface area contributed by atoms with Crippen molar-refractivity contribution in [2.24, 2.45) is 0 Å². The first kappa shape index (κ1) is 13.1. The molecule has 0 unspecified atom stereocenters. The predicted molar refractivity (Wildman–Crippen MR) is 53.4 cm³/mol. The van der Waals surface area contributed by atoms with E-state index in [9.17, 15) is 18.0 Å². The van der Waals surface area contributed by atoms with E-state index in [4.69, 9.17) is 23.2 Å². The summed E-state index contributed by atoms with van der Waals surface area (Å²) in [4.78, 5) is 10.6. The number of hydrogen-bond acceptors (Lipinski definition) is 2. The zero-order valence-electron chi connectivity index (χ0n) is 7.65. The Morgan fingerprint density at radius 3 is 2.44 bits per heavy atom. The van der Waals surface area contributed by atoms with Crippen molar-refractivity contribution >= 4 is 29.5 Å². The summed E-state index contributed by atoms with van der Waals surface area (Å²) in [5.74, 6) is -0.231. The second kappa shape index (κ2) is 4.93. The van der Waals surface area contributed by atoms with Gasteiger partial charge in [0, 0.05) is 0 Å². The quantitative estimate of drug-likeness (QED) is 0.784. The number of carbonyl (C=O) groups is 1. The second-order valence-electron chi connectivity index (χ2n) is 2.79. The van der Waals surface area contributed by atoms with E-state index in [-0.39, 0.29) is 21.4 Å². The van der Waals surface area contributed by atoms with E-state index in [1.54, 1.807) is 0 Å². The summed E-state index contributed by atoms with van der Waals surface area (Å²) in [7, 11) is 0. The average molecular weight is 273 g/mol. The Kier molecular flexibility index (Phi) is 4.04. The molecule has 0 aliphatic heterocycles. The molecule has 0 bridgehead atoms. The van der Waals surface area contributed by atoms with Gasteiger partial charge in [0.15, 0.2) is 12.9 Å². The zero-order chi connectivity index (χ0) is 12.3. The Morgan fingerprint density at radius 1 is 1.31 bits per heavy atom. The fourth-order valence-electron chi connectivity index (χ4n) is 0.928. The van der Waals surface area contributed by atoms with Gasteiger partial charge in [0.1, 0.15) is 5.75 Å². The van der Waals surface area contributed by atoms with Gasteiger partial charge in [-0.15, -0.1) is 0 Å².